The number of aromatic nitrogens is 1. The Labute approximate surface area is 141 Å². The Morgan fingerprint density at radius 1 is 1.29 bits per heavy atom. The Hall–Kier alpha value is -1.93. The van der Waals surface area contributed by atoms with Gasteiger partial charge in [0.25, 0.3) is 15.9 Å². The molecule has 0 spiro atoms. The molecule has 24 heavy (non-hydrogen) atoms. The van der Waals surface area contributed by atoms with Crippen molar-refractivity contribution in [3.05, 3.63) is 30.5 Å². The summed E-state index contributed by atoms with van der Waals surface area (Å²) in [6.07, 6.45) is 9.86. The second kappa shape index (κ2) is 6.52. The maximum atomic E-state index is 12.6. The van der Waals surface area contributed by atoms with E-state index in [9.17, 15) is 13.2 Å². The predicted octanol–water partition coefficient (Wildman–Crippen LogP) is 1.15. The summed E-state index contributed by atoms with van der Waals surface area (Å²) in [5, 5.41) is 3.04. The lowest BCUT2D eigenvalue weighted by molar-refractivity contribution is -0.121. The predicted molar refractivity (Wildman–Crippen MR) is 90.7 cm³/mol. The molecule has 1 saturated carbocycles. The van der Waals surface area contributed by atoms with E-state index in [0.29, 0.717) is 13.0 Å². The van der Waals surface area contributed by atoms with Gasteiger partial charge < -0.3 is 11.1 Å². The van der Waals surface area contributed by atoms with E-state index in [1.54, 1.807) is 0 Å². The number of allylic oxidation sites excluding steroid dienone is 1. The third-order valence-corrected chi connectivity index (χ3v) is 5.84. The third kappa shape index (κ3) is 3.44. The van der Waals surface area contributed by atoms with Crippen LogP contribution in [0.5, 0.6) is 0 Å². The topological polar surface area (TPSA) is 114 Å². The number of hydrogen-bond donors (Lipinski definition) is 3. The quantitative estimate of drug-likeness (QED) is 0.605. The van der Waals surface area contributed by atoms with Crippen molar-refractivity contribution >= 4 is 21.7 Å². The van der Waals surface area contributed by atoms with Crippen LogP contribution in [0.4, 0.5) is 5.82 Å². The molecule has 1 aromatic heterocycles. The first-order chi connectivity index (χ1) is 11.4. The van der Waals surface area contributed by atoms with E-state index < -0.39 is 21.5 Å². The molecule has 1 amide bonds. The summed E-state index contributed by atoms with van der Waals surface area (Å²) >= 11 is 0. The van der Waals surface area contributed by atoms with Gasteiger partial charge in [-0.05, 0) is 37.8 Å². The molecule has 1 aliphatic carbocycles. The number of carbonyl (C=O) groups excluding carboxylic acids is 1. The van der Waals surface area contributed by atoms with Crippen LogP contribution in [0.15, 0.2) is 35.4 Å². The van der Waals surface area contributed by atoms with Crippen molar-refractivity contribution in [3.8, 4) is 0 Å². The van der Waals surface area contributed by atoms with Gasteiger partial charge in [0, 0.05) is 18.7 Å². The molecule has 1 aromatic rings. The lowest BCUT2D eigenvalue weighted by atomic mass is 10.1. The molecule has 2 aliphatic rings. The fourth-order valence-electron chi connectivity index (χ4n) is 2.85. The van der Waals surface area contributed by atoms with Crippen LogP contribution >= 0.6 is 0 Å². The second-order valence-electron chi connectivity index (χ2n) is 6.34. The zero-order valence-corrected chi connectivity index (χ0v) is 14.2. The lowest BCUT2D eigenvalue weighted by Crippen LogP contribution is -2.46. The van der Waals surface area contributed by atoms with Crippen molar-refractivity contribution < 1.29 is 13.2 Å². The summed E-state index contributed by atoms with van der Waals surface area (Å²) in [6.45, 7) is 0.626. The van der Waals surface area contributed by atoms with Gasteiger partial charge in [-0.15, -0.1) is 0 Å². The second-order valence-corrected chi connectivity index (χ2v) is 7.99. The molecule has 4 N–H and O–H groups in total. The molecule has 3 rings (SSSR count). The maximum Gasteiger partial charge on any atom is 0.267 e. The minimum Gasteiger partial charge on any atom is -0.369 e. The number of nitrogens with one attached hydrogen (secondary N) is 2. The highest BCUT2D eigenvalue weighted by Crippen LogP contribution is 2.42. The summed E-state index contributed by atoms with van der Waals surface area (Å²) < 4.78 is 27.2. The van der Waals surface area contributed by atoms with E-state index in [1.165, 1.54) is 18.3 Å². The fourth-order valence-corrected chi connectivity index (χ4v) is 4.03. The van der Waals surface area contributed by atoms with Gasteiger partial charge in [-0.25, -0.2) is 18.1 Å². The molecule has 0 unspecified atom stereocenters. The molecule has 0 aromatic carbocycles. The molecular formula is C16H22N4O3S. The van der Waals surface area contributed by atoms with Gasteiger partial charge in [-0.3, -0.25) is 4.79 Å². The highest BCUT2D eigenvalue weighted by atomic mass is 32.2. The van der Waals surface area contributed by atoms with E-state index in [-0.39, 0.29) is 16.6 Å². The SMILES string of the molecule is N[C@]12C[C@@H]1/C=C\CCCCCNc1ncccc1S(=O)(=O)NC2=O. The zero-order chi connectivity index (χ0) is 17.2. The molecule has 2 heterocycles. The zero-order valence-electron chi connectivity index (χ0n) is 13.4. The number of pyridine rings is 1. The van der Waals surface area contributed by atoms with Crippen LogP contribution in [0.25, 0.3) is 0 Å². The van der Waals surface area contributed by atoms with Crippen LogP contribution in [-0.4, -0.2) is 31.4 Å². The van der Waals surface area contributed by atoms with Crippen molar-refractivity contribution in [1.82, 2.24) is 9.71 Å². The summed E-state index contributed by atoms with van der Waals surface area (Å²) in [6, 6.07) is 2.95. The van der Waals surface area contributed by atoms with E-state index in [2.05, 4.69) is 15.0 Å². The van der Waals surface area contributed by atoms with Gasteiger partial charge >= 0.3 is 0 Å². The standard InChI is InChI=1S/C16H22N4O3S/c17-16-11-12(16)7-4-2-1-3-5-9-18-14-13(8-6-10-19-14)24(22,23)20-15(16)21/h4,6-8,10,12H,1-3,5,9,11,17H2,(H,18,19)(H,20,21)/b7-4-/t12-,16+/m0/s1. The fraction of sp³-hybridized carbons (Fsp3) is 0.500. The molecule has 0 bridgehead atoms. The highest BCUT2D eigenvalue weighted by molar-refractivity contribution is 7.90. The Morgan fingerprint density at radius 3 is 2.96 bits per heavy atom. The van der Waals surface area contributed by atoms with Crippen molar-refractivity contribution in [2.24, 2.45) is 11.7 Å². The minimum atomic E-state index is -4.02. The van der Waals surface area contributed by atoms with Gasteiger partial charge in [0.15, 0.2) is 0 Å². The first-order valence-corrected chi connectivity index (χ1v) is 9.63. The molecule has 7 nitrogen and oxygen atoms in total. The first-order valence-electron chi connectivity index (χ1n) is 8.15. The largest absolute Gasteiger partial charge is 0.369 e. The molecule has 1 fully saturated rings. The molecule has 0 radical (unpaired) electrons. The van der Waals surface area contributed by atoms with E-state index >= 15 is 0 Å². The number of sulfonamides is 1. The summed E-state index contributed by atoms with van der Waals surface area (Å²) in [5.74, 6) is -0.518. The molecule has 0 saturated heterocycles. The summed E-state index contributed by atoms with van der Waals surface area (Å²) in [7, 11) is -4.02. The molecule has 8 heteroatoms. The lowest BCUT2D eigenvalue weighted by Gasteiger charge is -2.14. The first kappa shape index (κ1) is 16.9. The molecule has 130 valence electrons. The summed E-state index contributed by atoms with van der Waals surface area (Å²) in [4.78, 5) is 16.4. The van der Waals surface area contributed by atoms with Crippen LogP contribution in [0.3, 0.4) is 0 Å². The van der Waals surface area contributed by atoms with Gasteiger partial charge in [0.2, 0.25) is 0 Å². The normalized spacial score (nSPS) is 31.2. The van der Waals surface area contributed by atoms with Gasteiger partial charge in [-0.2, -0.15) is 0 Å². The van der Waals surface area contributed by atoms with Crippen LogP contribution in [0.2, 0.25) is 0 Å². The third-order valence-electron chi connectivity index (χ3n) is 4.48. The number of nitrogens with zero attached hydrogens (tertiary/aromatic N) is 1. The van der Waals surface area contributed by atoms with E-state index in [4.69, 9.17) is 5.73 Å². The summed E-state index contributed by atoms with van der Waals surface area (Å²) in [5.41, 5.74) is 4.92. The van der Waals surface area contributed by atoms with Crippen LogP contribution in [0.1, 0.15) is 32.1 Å². The Kier molecular flexibility index (Phi) is 4.60. The number of amides is 1. The number of nitrogens with two attached hydrogens (primary N) is 1. The van der Waals surface area contributed by atoms with Gasteiger partial charge in [0.05, 0.1) is 0 Å². The van der Waals surface area contributed by atoms with E-state index in [1.807, 2.05) is 12.2 Å². The van der Waals surface area contributed by atoms with Crippen LogP contribution < -0.4 is 15.8 Å². The smallest absolute Gasteiger partial charge is 0.267 e. The molecule has 1 aliphatic heterocycles. The van der Waals surface area contributed by atoms with Crippen molar-refractivity contribution in [2.45, 2.75) is 42.5 Å². The monoisotopic (exact) mass is 350 g/mol. The Morgan fingerprint density at radius 2 is 2.12 bits per heavy atom. The molecular weight excluding hydrogens is 328 g/mol. The average molecular weight is 350 g/mol. The number of rotatable bonds is 0. The van der Waals surface area contributed by atoms with Crippen molar-refractivity contribution in [2.75, 3.05) is 11.9 Å². The van der Waals surface area contributed by atoms with Gasteiger partial charge in [0.1, 0.15) is 16.3 Å². The highest BCUT2D eigenvalue weighted by Gasteiger charge is 2.56. The van der Waals surface area contributed by atoms with Crippen LogP contribution in [0, 0.1) is 5.92 Å². The molecule has 2 atom stereocenters. The maximum absolute atomic E-state index is 12.6. The van der Waals surface area contributed by atoms with E-state index in [0.717, 1.165) is 25.7 Å². The average Bonchev–Trinajstić information content (AvgIpc) is 3.21. The van der Waals surface area contributed by atoms with Crippen LogP contribution in [-0.2, 0) is 14.8 Å². The Bertz CT molecular complexity index is 762. The Balaban J connectivity index is 1.89. The number of hydrogen-bond acceptors (Lipinski definition) is 6. The number of carbonyl (C=O) groups is 1. The number of anilines is 1. The minimum absolute atomic E-state index is 0.0374. The van der Waals surface area contributed by atoms with Crippen molar-refractivity contribution in [1.29, 1.82) is 0 Å². The van der Waals surface area contributed by atoms with Crippen molar-refractivity contribution in [3.63, 3.8) is 0 Å². The number of fused-ring (bicyclic) bond motifs is 2. The van der Waals surface area contributed by atoms with Gasteiger partial charge in [-0.1, -0.05) is 18.6 Å².